The van der Waals surface area contributed by atoms with Crippen LogP contribution >= 0.6 is 0 Å². The molecular formula is C33H62N6O9. The monoisotopic (exact) mass is 686 g/mol. The molecule has 0 unspecified atom stereocenters. The molecule has 48 heavy (non-hydrogen) atoms. The van der Waals surface area contributed by atoms with Gasteiger partial charge >= 0.3 is 24.4 Å². The van der Waals surface area contributed by atoms with Gasteiger partial charge in [-0.3, -0.25) is 20.4 Å². The average molecular weight is 687 g/mol. The van der Waals surface area contributed by atoms with Crippen LogP contribution in [0.4, 0.5) is 19.2 Å². The van der Waals surface area contributed by atoms with Gasteiger partial charge in [0.1, 0.15) is 28.4 Å². The topological polar surface area (TPSA) is 195 Å². The number of carbonyl (C=O) groups excluding carboxylic acids is 5. The van der Waals surface area contributed by atoms with Gasteiger partial charge in [0, 0.05) is 19.1 Å². The SMILES string of the molecule is C[C@@H](CCCCNC(=O)[C@H](CCCCN=C(NC(=O)OC(C)(C)C)NC(=O)OC(C)(C)C)NC(=O)OC(C)(C)C)NC(=O)OC(C)(C)C. The van der Waals surface area contributed by atoms with Crippen LogP contribution in [0.5, 0.6) is 0 Å². The number of carbonyl (C=O) groups is 5. The van der Waals surface area contributed by atoms with Crippen LogP contribution < -0.4 is 26.6 Å². The maximum absolute atomic E-state index is 13.1. The summed E-state index contributed by atoms with van der Waals surface area (Å²) in [5.74, 6) is -0.501. The van der Waals surface area contributed by atoms with E-state index in [0.717, 1.165) is 6.42 Å². The molecule has 0 aliphatic rings. The van der Waals surface area contributed by atoms with E-state index in [4.69, 9.17) is 18.9 Å². The number of rotatable bonds is 13. The summed E-state index contributed by atoms with van der Waals surface area (Å²) in [5, 5.41) is 13.2. The third-order valence-corrected chi connectivity index (χ3v) is 5.54. The van der Waals surface area contributed by atoms with Crippen LogP contribution in [0.15, 0.2) is 4.99 Å². The number of amides is 5. The highest BCUT2D eigenvalue weighted by Crippen LogP contribution is 2.11. The Bertz CT molecular complexity index is 1050. The first-order valence-corrected chi connectivity index (χ1v) is 16.6. The molecule has 5 amide bonds. The summed E-state index contributed by atoms with van der Waals surface area (Å²) in [6, 6.07) is -0.963. The van der Waals surface area contributed by atoms with Crippen molar-refractivity contribution >= 4 is 36.2 Å². The summed E-state index contributed by atoms with van der Waals surface area (Å²) in [4.78, 5) is 66.4. The maximum Gasteiger partial charge on any atom is 0.414 e. The summed E-state index contributed by atoms with van der Waals surface area (Å²) in [5.41, 5.74) is -2.86. The van der Waals surface area contributed by atoms with E-state index in [0.29, 0.717) is 32.2 Å². The number of nitrogens with one attached hydrogen (secondary N) is 5. The van der Waals surface area contributed by atoms with Crippen LogP contribution in [0.3, 0.4) is 0 Å². The van der Waals surface area contributed by atoms with Crippen molar-refractivity contribution in [1.29, 1.82) is 0 Å². The first-order valence-electron chi connectivity index (χ1n) is 16.6. The van der Waals surface area contributed by atoms with Gasteiger partial charge in [0.2, 0.25) is 11.9 Å². The molecule has 0 bridgehead atoms. The molecule has 5 N–H and O–H groups in total. The van der Waals surface area contributed by atoms with Crippen molar-refractivity contribution in [2.75, 3.05) is 13.1 Å². The zero-order chi connectivity index (χ0) is 37.3. The minimum atomic E-state index is -0.865. The molecule has 0 saturated carbocycles. The molecule has 15 heteroatoms. The third-order valence-electron chi connectivity index (χ3n) is 5.54. The van der Waals surface area contributed by atoms with Gasteiger partial charge in [0.05, 0.1) is 0 Å². The second-order valence-corrected chi connectivity index (χ2v) is 15.5. The Kier molecular flexibility index (Phi) is 18.3. The van der Waals surface area contributed by atoms with Gasteiger partial charge in [0.15, 0.2) is 0 Å². The fraction of sp³-hybridized carbons (Fsp3) is 0.818. The molecule has 0 aromatic carbocycles. The largest absolute Gasteiger partial charge is 0.444 e. The zero-order valence-corrected chi connectivity index (χ0v) is 31.4. The van der Waals surface area contributed by atoms with Gasteiger partial charge in [-0.15, -0.1) is 0 Å². The molecule has 0 radical (unpaired) electrons. The number of hydrogen-bond acceptors (Lipinski definition) is 10. The molecule has 278 valence electrons. The Morgan fingerprint density at radius 3 is 1.44 bits per heavy atom. The molecule has 0 rings (SSSR count). The molecule has 0 heterocycles. The van der Waals surface area contributed by atoms with Gasteiger partial charge in [0.25, 0.3) is 0 Å². The van der Waals surface area contributed by atoms with E-state index in [1.54, 1.807) is 83.1 Å². The highest BCUT2D eigenvalue weighted by atomic mass is 16.6. The molecule has 0 aliphatic carbocycles. The number of alkyl carbamates (subject to hydrolysis) is 4. The van der Waals surface area contributed by atoms with Crippen molar-refractivity contribution in [1.82, 2.24) is 26.6 Å². The highest BCUT2D eigenvalue weighted by Gasteiger charge is 2.25. The van der Waals surface area contributed by atoms with E-state index >= 15 is 0 Å². The van der Waals surface area contributed by atoms with Crippen LogP contribution in [0.1, 0.15) is 129 Å². The predicted molar refractivity (Wildman–Crippen MR) is 184 cm³/mol. The molecule has 15 nitrogen and oxygen atoms in total. The molecule has 0 aromatic rings. The fourth-order valence-electron chi connectivity index (χ4n) is 3.77. The molecule has 0 saturated heterocycles. The van der Waals surface area contributed by atoms with Crippen molar-refractivity contribution in [2.45, 2.75) is 163 Å². The lowest BCUT2D eigenvalue weighted by atomic mass is 10.1. The van der Waals surface area contributed by atoms with Crippen LogP contribution in [0, 0.1) is 0 Å². The van der Waals surface area contributed by atoms with Gasteiger partial charge in [-0.1, -0.05) is 0 Å². The summed E-state index contributed by atoms with van der Waals surface area (Å²) in [7, 11) is 0. The Hall–Kier alpha value is -3.78. The fourth-order valence-corrected chi connectivity index (χ4v) is 3.77. The van der Waals surface area contributed by atoms with Crippen LogP contribution in [0.25, 0.3) is 0 Å². The smallest absolute Gasteiger partial charge is 0.414 e. The normalized spacial score (nSPS) is 13.2. The quantitative estimate of drug-likeness (QED) is 0.0704. The first-order chi connectivity index (χ1) is 21.7. The van der Waals surface area contributed by atoms with Crippen molar-refractivity contribution in [3.05, 3.63) is 0 Å². The van der Waals surface area contributed by atoms with E-state index in [1.807, 2.05) is 6.92 Å². The zero-order valence-electron chi connectivity index (χ0n) is 31.4. The Balaban J connectivity index is 5.19. The Morgan fingerprint density at radius 2 is 0.979 bits per heavy atom. The average Bonchev–Trinajstić information content (AvgIpc) is 2.82. The minimum Gasteiger partial charge on any atom is -0.444 e. The molecule has 0 aromatic heterocycles. The summed E-state index contributed by atoms with van der Waals surface area (Å²) in [6.07, 6.45) is 0.528. The van der Waals surface area contributed by atoms with Gasteiger partial charge in [-0.2, -0.15) is 0 Å². The Morgan fingerprint density at radius 1 is 0.562 bits per heavy atom. The molecule has 2 atom stereocenters. The lowest BCUT2D eigenvalue weighted by molar-refractivity contribution is -0.123. The van der Waals surface area contributed by atoms with Gasteiger partial charge < -0.3 is 34.9 Å². The van der Waals surface area contributed by atoms with E-state index in [2.05, 4.69) is 31.6 Å². The van der Waals surface area contributed by atoms with Gasteiger partial charge in [-0.05, 0) is 129 Å². The van der Waals surface area contributed by atoms with Crippen molar-refractivity contribution < 1.29 is 42.9 Å². The number of hydrogen-bond donors (Lipinski definition) is 5. The second-order valence-electron chi connectivity index (χ2n) is 15.5. The van der Waals surface area contributed by atoms with Crippen LogP contribution in [-0.4, -0.2) is 83.8 Å². The Labute approximate surface area is 286 Å². The summed E-state index contributed by atoms with van der Waals surface area (Å²) < 4.78 is 21.1. The molecule has 0 aliphatic heterocycles. The van der Waals surface area contributed by atoms with Crippen LogP contribution in [0.2, 0.25) is 0 Å². The van der Waals surface area contributed by atoms with Crippen molar-refractivity contribution in [3.8, 4) is 0 Å². The molecular weight excluding hydrogens is 624 g/mol. The minimum absolute atomic E-state index is 0.0982. The second kappa shape index (κ2) is 19.9. The standard InChI is InChI=1S/C33H62N6O9/c1-22(36-26(41)45-30(2,3)4)18-14-16-20-34-24(40)23(37-27(42)46-31(5,6)7)19-15-17-21-35-25(38-28(43)47-32(8,9)10)39-29(44)48-33(11,12)13/h22-23H,14-21H2,1-13H3,(H,34,40)(H,36,41)(H,37,42)(H2,35,38,39,43,44)/t22-,23-/m0/s1. The number of ether oxygens (including phenoxy) is 4. The highest BCUT2D eigenvalue weighted by molar-refractivity contribution is 6.01. The lowest BCUT2D eigenvalue weighted by Crippen LogP contribution is -2.48. The number of unbranched alkanes of at least 4 members (excludes halogenated alkanes) is 2. The van der Waals surface area contributed by atoms with Crippen LogP contribution in [-0.2, 0) is 23.7 Å². The maximum atomic E-state index is 13.1. The number of aliphatic imine (C=N–C) groups is 1. The summed E-state index contributed by atoms with van der Waals surface area (Å²) >= 11 is 0. The molecule has 0 spiro atoms. The lowest BCUT2D eigenvalue weighted by Gasteiger charge is -2.23. The third kappa shape index (κ3) is 26.3. The van der Waals surface area contributed by atoms with E-state index in [1.165, 1.54) is 0 Å². The number of guanidine groups is 1. The van der Waals surface area contributed by atoms with Crippen molar-refractivity contribution in [3.63, 3.8) is 0 Å². The van der Waals surface area contributed by atoms with E-state index in [9.17, 15) is 24.0 Å². The summed E-state index contributed by atoms with van der Waals surface area (Å²) in [6.45, 7) is 23.3. The molecule has 0 fully saturated rings. The first kappa shape index (κ1) is 44.2. The van der Waals surface area contributed by atoms with Gasteiger partial charge in [-0.25, -0.2) is 19.2 Å². The number of nitrogens with zero attached hydrogens (tertiary/aromatic N) is 1. The predicted octanol–water partition coefficient (Wildman–Crippen LogP) is 5.66. The van der Waals surface area contributed by atoms with Crippen molar-refractivity contribution in [2.24, 2.45) is 4.99 Å². The van der Waals surface area contributed by atoms with E-state index < -0.39 is 52.8 Å². The van der Waals surface area contributed by atoms with E-state index in [-0.39, 0.29) is 30.9 Å².